The van der Waals surface area contributed by atoms with Crippen molar-refractivity contribution >= 4 is 11.7 Å². The molecule has 1 rings (SSSR count). The van der Waals surface area contributed by atoms with E-state index in [0.717, 1.165) is 11.3 Å². The molecular weight excluding hydrogens is 202 g/mol. The molecule has 86 valence electrons. The number of carbonyl (C=O) groups excluding carboxylic acids is 1. The smallest absolute Gasteiger partial charge is 0.332 e. The Hall–Kier alpha value is -1.84. The summed E-state index contributed by atoms with van der Waals surface area (Å²) in [7, 11) is 0. The average Bonchev–Trinajstić information content (AvgIpc) is 2.27. The van der Waals surface area contributed by atoms with E-state index in [2.05, 4.69) is 10.5 Å². The molecule has 4 heteroatoms. The topological polar surface area (TPSA) is 67.5 Å². The lowest BCUT2D eigenvalue weighted by atomic mass is 9.81. The van der Waals surface area contributed by atoms with E-state index in [1.165, 1.54) is 0 Å². The number of hydrogen-bond acceptors (Lipinski definition) is 2. The summed E-state index contributed by atoms with van der Waals surface area (Å²) in [6, 6.07) is 9.33. The molecule has 0 radical (unpaired) electrons. The molecule has 4 nitrogen and oxygen atoms in total. The van der Waals surface area contributed by atoms with Crippen LogP contribution in [0.4, 0.5) is 4.79 Å². The monoisotopic (exact) mass is 219 g/mol. The number of rotatable bonds is 3. The van der Waals surface area contributed by atoms with Gasteiger partial charge in [0.1, 0.15) is 0 Å². The second kappa shape index (κ2) is 4.79. The Morgan fingerprint density at radius 2 is 1.88 bits per heavy atom. The Morgan fingerprint density at radius 1 is 1.31 bits per heavy atom. The zero-order valence-corrected chi connectivity index (χ0v) is 9.82. The van der Waals surface area contributed by atoms with Gasteiger partial charge in [-0.2, -0.15) is 5.10 Å². The second-order valence-corrected chi connectivity index (χ2v) is 4.16. The summed E-state index contributed by atoms with van der Waals surface area (Å²) in [5.41, 5.74) is 8.93. The van der Waals surface area contributed by atoms with Gasteiger partial charge in [-0.3, -0.25) is 0 Å². The molecule has 0 atom stereocenters. The predicted octanol–water partition coefficient (Wildman–Crippen LogP) is 2.01. The molecule has 0 unspecified atom stereocenters. The second-order valence-electron chi connectivity index (χ2n) is 4.16. The van der Waals surface area contributed by atoms with Crippen molar-refractivity contribution in [3.05, 3.63) is 35.9 Å². The Labute approximate surface area is 95.5 Å². The van der Waals surface area contributed by atoms with Crippen LogP contribution in [0, 0.1) is 0 Å². The molecule has 1 aromatic carbocycles. The zero-order chi connectivity index (χ0) is 12.2. The quantitative estimate of drug-likeness (QED) is 0.592. The zero-order valence-electron chi connectivity index (χ0n) is 9.82. The summed E-state index contributed by atoms with van der Waals surface area (Å²) in [6.45, 7) is 5.95. The lowest BCUT2D eigenvalue weighted by Gasteiger charge is -2.24. The van der Waals surface area contributed by atoms with Crippen molar-refractivity contribution < 1.29 is 4.79 Å². The summed E-state index contributed by atoms with van der Waals surface area (Å²) in [6.07, 6.45) is 0. The summed E-state index contributed by atoms with van der Waals surface area (Å²) in [4.78, 5) is 10.6. The van der Waals surface area contributed by atoms with Crippen LogP contribution in [0.1, 0.15) is 26.3 Å². The molecule has 0 aliphatic heterocycles. The lowest BCUT2D eigenvalue weighted by molar-refractivity contribution is 0.249. The number of primary amides is 1. The minimum Gasteiger partial charge on any atom is -0.350 e. The highest BCUT2D eigenvalue weighted by atomic mass is 16.2. The average molecular weight is 219 g/mol. The van der Waals surface area contributed by atoms with Gasteiger partial charge >= 0.3 is 6.03 Å². The van der Waals surface area contributed by atoms with Gasteiger partial charge in [-0.15, -0.1) is 0 Å². The van der Waals surface area contributed by atoms with Crippen LogP contribution in [0.25, 0.3) is 0 Å². The Balaban J connectivity index is 2.93. The van der Waals surface area contributed by atoms with Crippen molar-refractivity contribution in [3.8, 4) is 0 Å². The fourth-order valence-electron chi connectivity index (χ4n) is 1.34. The Bertz CT molecular complexity index is 396. The van der Waals surface area contributed by atoms with Gasteiger partial charge in [-0.1, -0.05) is 44.2 Å². The SMILES string of the molecule is CC(=NNC(N)=O)C(C)(C)c1ccccc1. The number of benzene rings is 1. The fraction of sp³-hybridized carbons (Fsp3) is 0.333. The van der Waals surface area contributed by atoms with Crippen molar-refractivity contribution in [1.29, 1.82) is 0 Å². The first-order chi connectivity index (χ1) is 7.44. The van der Waals surface area contributed by atoms with Crippen molar-refractivity contribution in [3.63, 3.8) is 0 Å². The maximum atomic E-state index is 10.6. The molecule has 2 amide bonds. The highest BCUT2D eigenvalue weighted by Crippen LogP contribution is 2.24. The molecule has 0 aliphatic rings. The van der Waals surface area contributed by atoms with Gasteiger partial charge < -0.3 is 5.73 Å². The number of hydrogen-bond donors (Lipinski definition) is 2. The van der Waals surface area contributed by atoms with E-state index in [-0.39, 0.29) is 5.41 Å². The minimum absolute atomic E-state index is 0.232. The standard InChI is InChI=1S/C12H17N3O/c1-9(14-15-11(13)16)12(2,3)10-7-5-4-6-8-10/h4-8H,1-3H3,(H3,13,15,16). The van der Waals surface area contributed by atoms with Gasteiger partial charge in [0.05, 0.1) is 0 Å². The number of nitrogens with one attached hydrogen (secondary N) is 1. The van der Waals surface area contributed by atoms with Crippen molar-refractivity contribution in [2.75, 3.05) is 0 Å². The molecule has 0 saturated carbocycles. The Morgan fingerprint density at radius 3 is 2.38 bits per heavy atom. The van der Waals surface area contributed by atoms with E-state index in [9.17, 15) is 4.79 Å². The van der Waals surface area contributed by atoms with Crippen LogP contribution in [0.3, 0.4) is 0 Å². The summed E-state index contributed by atoms with van der Waals surface area (Å²) in [5.74, 6) is 0. The van der Waals surface area contributed by atoms with Crippen molar-refractivity contribution in [2.24, 2.45) is 10.8 Å². The number of amides is 2. The van der Waals surface area contributed by atoms with Crippen LogP contribution >= 0.6 is 0 Å². The number of nitrogens with zero attached hydrogens (tertiary/aromatic N) is 1. The Kier molecular flexibility index (Phi) is 3.66. The third-order valence-corrected chi connectivity index (χ3v) is 2.73. The molecule has 0 heterocycles. The van der Waals surface area contributed by atoms with Gasteiger partial charge in [-0.25, -0.2) is 10.2 Å². The minimum atomic E-state index is -0.650. The molecular formula is C12H17N3O. The van der Waals surface area contributed by atoms with Crippen molar-refractivity contribution in [1.82, 2.24) is 5.43 Å². The molecule has 0 aromatic heterocycles. The summed E-state index contributed by atoms with van der Waals surface area (Å²) < 4.78 is 0. The first kappa shape index (κ1) is 12.2. The van der Waals surface area contributed by atoms with E-state index < -0.39 is 6.03 Å². The first-order valence-corrected chi connectivity index (χ1v) is 5.10. The number of nitrogens with two attached hydrogens (primary N) is 1. The lowest BCUT2D eigenvalue weighted by Crippen LogP contribution is -2.32. The normalized spacial score (nSPS) is 12.3. The predicted molar refractivity (Wildman–Crippen MR) is 65.3 cm³/mol. The molecule has 0 fully saturated rings. The molecule has 0 bridgehead atoms. The van der Waals surface area contributed by atoms with E-state index >= 15 is 0 Å². The summed E-state index contributed by atoms with van der Waals surface area (Å²) >= 11 is 0. The van der Waals surface area contributed by atoms with Gasteiger partial charge in [0.2, 0.25) is 0 Å². The maximum absolute atomic E-state index is 10.6. The van der Waals surface area contributed by atoms with Crippen LogP contribution in [0.2, 0.25) is 0 Å². The van der Waals surface area contributed by atoms with Gasteiger partial charge in [-0.05, 0) is 12.5 Å². The highest BCUT2D eigenvalue weighted by Gasteiger charge is 2.24. The molecule has 0 saturated heterocycles. The molecule has 16 heavy (non-hydrogen) atoms. The number of hydrazone groups is 1. The van der Waals surface area contributed by atoms with Crippen LogP contribution in [0.5, 0.6) is 0 Å². The van der Waals surface area contributed by atoms with E-state index in [4.69, 9.17) is 5.73 Å². The van der Waals surface area contributed by atoms with Crippen molar-refractivity contribution in [2.45, 2.75) is 26.2 Å². The maximum Gasteiger partial charge on any atom is 0.332 e. The first-order valence-electron chi connectivity index (χ1n) is 5.10. The van der Waals surface area contributed by atoms with Gasteiger partial charge in [0.15, 0.2) is 0 Å². The van der Waals surface area contributed by atoms with E-state index in [1.54, 1.807) is 0 Å². The van der Waals surface area contributed by atoms with E-state index in [0.29, 0.717) is 0 Å². The van der Waals surface area contributed by atoms with Crippen LogP contribution in [-0.4, -0.2) is 11.7 Å². The van der Waals surface area contributed by atoms with Gasteiger partial charge in [0.25, 0.3) is 0 Å². The molecule has 1 aromatic rings. The highest BCUT2D eigenvalue weighted by molar-refractivity contribution is 5.92. The largest absolute Gasteiger partial charge is 0.350 e. The number of urea groups is 1. The fourth-order valence-corrected chi connectivity index (χ4v) is 1.34. The van der Waals surface area contributed by atoms with Crippen LogP contribution in [0.15, 0.2) is 35.4 Å². The van der Waals surface area contributed by atoms with Gasteiger partial charge in [0, 0.05) is 11.1 Å². The molecule has 0 aliphatic carbocycles. The third-order valence-electron chi connectivity index (χ3n) is 2.73. The van der Waals surface area contributed by atoms with Crippen LogP contribution < -0.4 is 11.2 Å². The third kappa shape index (κ3) is 2.82. The summed E-state index contributed by atoms with van der Waals surface area (Å²) in [5, 5.41) is 3.96. The molecule has 3 N–H and O–H groups in total. The number of carbonyl (C=O) groups is 1. The van der Waals surface area contributed by atoms with Crippen LogP contribution in [-0.2, 0) is 5.41 Å². The molecule has 0 spiro atoms. The van der Waals surface area contributed by atoms with E-state index in [1.807, 2.05) is 51.1 Å².